The Labute approximate surface area is 205 Å². The van der Waals surface area contributed by atoms with Crippen molar-refractivity contribution < 1.29 is 23.5 Å². The first-order valence-corrected chi connectivity index (χ1v) is 12.1. The van der Waals surface area contributed by atoms with E-state index < -0.39 is 0 Å². The summed E-state index contributed by atoms with van der Waals surface area (Å²) in [4.78, 5) is 29.8. The molecule has 3 aliphatic heterocycles. The molecule has 7 heteroatoms. The van der Waals surface area contributed by atoms with Gasteiger partial charge in [0.25, 0.3) is 0 Å². The van der Waals surface area contributed by atoms with Crippen LogP contribution in [0.5, 0.6) is 0 Å². The van der Waals surface area contributed by atoms with Crippen LogP contribution in [0, 0.1) is 23.6 Å². The van der Waals surface area contributed by atoms with Crippen molar-refractivity contribution in [3.8, 4) is 11.8 Å². The molecule has 182 valence electrons. The Morgan fingerprint density at radius 1 is 1.11 bits per heavy atom. The third kappa shape index (κ3) is 4.82. The quantitative estimate of drug-likeness (QED) is 0.637. The fourth-order valence-corrected chi connectivity index (χ4v) is 5.52. The molecule has 35 heavy (non-hydrogen) atoms. The predicted molar refractivity (Wildman–Crippen MR) is 128 cm³/mol. The fourth-order valence-electron chi connectivity index (χ4n) is 5.52. The lowest BCUT2D eigenvalue weighted by molar-refractivity contribution is -0.169. The first-order valence-electron chi connectivity index (χ1n) is 12.1. The Hall–Kier alpha value is -3.21. The van der Waals surface area contributed by atoms with Crippen LogP contribution in [0.15, 0.2) is 48.5 Å². The Bertz CT molecular complexity index is 1150. The molecule has 0 bridgehead atoms. The summed E-state index contributed by atoms with van der Waals surface area (Å²) in [5, 5.41) is 0. The van der Waals surface area contributed by atoms with Gasteiger partial charge in [-0.2, -0.15) is 0 Å². The van der Waals surface area contributed by atoms with E-state index in [1.807, 2.05) is 29.2 Å². The van der Waals surface area contributed by atoms with Gasteiger partial charge < -0.3 is 19.3 Å². The zero-order chi connectivity index (χ0) is 24.4. The van der Waals surface area contributed by atoms with E-state index in [2.05, 4.69) is 11.8 Å². The number of benzene rings is 2. The van der Waals surface area contributed by atoms with Gasteiger partial charge in [-0.05, 0) is 48.7 Å². The summed E-state index contributed by atoms with van der Waals surface area (Å²) >= 11 is 0. The highest BCUT2D eigenvalue weighted by Crippen LogP contribution is 2.43. The Balaban J connectivity index is 1.33. The highest BCUT2D eigenvalue weighted by Gasteiger charge is 2.55. The zero-order valence-corrected chi connectivity index (χ0v) is 19.8. The van der Waals surface area contributed by atoms with E-state index in [9.17, 15) is 14.0 Å². The van der Waals surface area contributed by atoms with Crippen LogP contribution >= 0.6 is 0 Å². The number of halogens is 1. The topological polar surface area (TPSA) is 59.1 Å². The average Bonchev–Trinajstić information content (AvgIpc) is 2.87. The summed E-state index contributed by atoms with van der Waals surface area (Å²) in [7, 11) is 1.64. The molecule has 3 aliphatic rings. The molecule has 0 radical (unpaired) electrons. The minimum atomic E-state index is -0.308. The van der Waals surface area contributed by atoms with E-state index in [0.717, 1.165) is 11.1 Å². The Morgan fingerprint density at radius 3 is 2.57 bits per heavy atom. The van der Waals surface area contributed by atoms with E-state index >= 15 is 0 Å². The lowest BCUT2D eigenvalue weighted by atomic mass is 9.73. The number of methoxy groups -OCH3 is 1. The van der Waals surface area contributed by atoms with E-state index in [1.54, 1.807) is 24.1 Å². The summed E-state index contributed by atoms with van der Waals surface area (Å²) in [5.41, 5.74) is 2.55. The van der Waals surface area contributed by atoms with Crippen LogP contribution < -0.4 is 0 Å². The van der Waals surface area contributed by atoms with Crippen LogP contribution in [0.4, 0.5) is 4.39 Å². The number of ether oxygens (including phenoxy) is 2. The number of fused-ring (bicyclic) bond motifs is 1. The third-order valence-electron chi connectivity index (χ3n) is 7.26. The fraction of sp³-hybridized carbons (Fsp3) is 0.429. The van der Waals surface area contributed by atoms with Gasteiger partial charge in [0.2, 0.25) is 11.8 Å². The van der Waals surface area contributed by atoms with Crippen LogP contribution in [-0.4, -0.2) is 73.7 Å². The summed E-state index contributed by atoms with van der Waals surface area (Å²) in [6.07, 6.45) is 1.43. The van der Waals surface area contributed by atoms with Gasteiger partial charge in [-0.15, -0.1) is 0 Å². The number of piperazine rings is 1. The van der Waals surface area contributed by atoms with Gasteiger partial charge in [-0.25, -0.2) is 4.39 Å². The zero-order valence-electron chi connectivity index (χ0n) is 19.8. The third-order valence-corrected chi connectivity index (χ3v) is 7.26. The Kier molecular flexibility index (Phi) is 6.85. The van der Waals surface area contributed by atoms with Gasteiger partial charge >= 0.3 is 0 Å². The van der Waals surface area contributed by atoms with Crippen LogP contribution in [0.2, 0.25) is 0 Å². The van der Waals surface area contributed by atoms with E-state index in [1.165, 1.54) is 12.1 Å². The standard InChI is InChI=1S/C28H29FN2O4/c1-34-18-25-27(21-9-7-19(8-10-21)5-6-20-3-2-4-23(29)15-20)24-16-30(17-26(32)31(24)25)28(33)22-11-13-35-14-12-22/h2-4,7-10,15,22,24-25,27H,11-14,16-18H2,1H3/t24-,25-,27?/m1/s1. The highest BCUT2D eigenvalue weighted by atomic mass is 19.1. The lowest BCUT2D eigenvalue weighted by Crippen LogP contribution is -2.73. The van der Waals surface area contributed by atoms with Crippen molar-refractivity contribution in [2.45, 2.75) is 30.8 Å². The van der Waals surface area contributed by atoms with Crippen molar-refractivity contribution in [2.75, 3.05) is 40.0 Å². The molecule has 3 atom stereocenters. The normalized spacial score (nSPS) is 24.3. The largest absolute Gasteiger partial charge is 0.383 e. The number of nitrogens with zero attached hydrogens (tertiary/aromatic N) is 2. The molecule has 0 N–H and O–H groups in total. The van der Waals surface area contributed by atoms with Crippen molar-refractivity contribution >= 4 is 11.8 Å². The van der Waals surface area contributed by atoms with E-state index in [-0.39, 0.29) is 48.1 Å². The lowest BCUT2D eigenvalue weighted by Gasteiger charge is -2.59. The van der Waals surface area contributed by atoms with Gasteiger partial charge in [0, 0.05) is 49.8 Å². The molecule has 3 heterocycles. The molecule has 0 saturated carbocycles. The van der Waals surface area contributed by atoms with E-state index in [4.69, 9.17) is 9.47 Å². The van der Waals surface area contributed by atoms with Gasteiger partial charge in [0.15, 0.2) is 0 Å². The van der Waals surface area contributed by atoms with Crippen LogP contribution in [0.1, 0.15) is 35.4 Å². The summed E-state index contributed by atoms with van der Waals surface area (Å²) in [6.45, 7) is 2.31. The maximum absolute atomic E-state index is 13.4. The second kappa shape index (κ2) is 10.2. The van der Waals surface area contributed by atoms with Crippen molar-refractivity contribution in [1.82, 2.24) is 9.80 Å². The molecule has 2 aromatic carbocycles. The van der Waals surface area contributed by atoms with Gasteiger partial charge in [-0.1, -0.05) is 30.0 Å². The second-order valence-electron chi connectivity index (χ2n) is 9.40. The summed E-state index contributed by atoms with van der Waals surface area (Å²) in [6, 6.07) is 14.1. The SMILES string of the molecule is COC[C@@H]1C(c2ccc(C#Cc3cccc(F)c3)cc2)[C@H]2CN(C(=O)C3CCOCC3)CC(=O)N12. The second-order valence-corrected chi connectivity index (χ2v) is 9.40. The molecular weight excluding hydrogens is 447 g/mol. The molecule has 5 rings (SSSR count). The first-order chi connectivity index (χ1) is 17.0. The highest BCUT2D eigenvalue weighted by molar-refractivity contribution is 5.88. The molecule has 3 fully saturated rings. The predicted octanol–water partition coefficient (Wildman–Crippen LogP) is 2.80. The number of amides is 2. The molecule has 0 aromatic heterocycles. The summed E-state index contributed by atoms with van der Waals surface area (Å²) in [5.74, 6) is 5.83. The average molecular weight is 477 g/mol. The maximum Gasteiger partial charge on any atom is 0.242 e. The molecule has 1 unspecified atom stereocenters. The van der Waals surface area contributed by atoms with Crippen LogP contribution in [0.3, 0.4) is 0 Å². The molecule has 0 spiro atoms. The van der Waals surface area contributed by atoms with Gasteiger partial charge in [0.1, 0.15) is 5.82 Å². The van der Waals surface area contributed by atoms with Gasteiger partial charge in [0.05, 0.1) is 25.2 Å². The maximum atomic E-state index is 13.4. The molecule has 2 aromatic rings. The minimum absolute atomic E-state index is 0.0162. The van der Waals surface area contributed by atoms with Crippen molar-refractivity contribution in [1.29, 1.82) is 0 Å². The van der Waals surface area contributed by atoms with Crippen molar-refractivity contribution in [3.05, 3.63) is 71.0 Å². The van der Waals surface area contributed by atoms with E-state index in [0.29, 0.717) is 44.8 Å². The Morgan fingerprint density at radius 2 is 1.86 bits per heavy atom. The minimum Gasteiger partial charge on any atom is -0.383 e. The molecule has 2 amide bonds. The monoisotopic (exact) mass is 476 g/mol. The van der Waals surface area contributed by atoms with Crippen LogP contribution in [0.25, 0.3) is 0 Å². The number of carbonyl (C=O) groups is 2. The number of hydrogen-bond acceptors (Lipinski definition) is 4. The first kappa shape index (κ1) is 23.5. The smallest absolute Gasteiger partial charge is 0.242 e. The molecule has 6 nitrogen and oxygen atoms in total. The van der Waals surface area contributed by atoms with Crippen LogP contribution in [-0.2, 0) is 19.1 Å². The van der Waals surface area contributed by atoms with Gasteiger partial charge in [-0.3, -0.25) is 9.59 Å². The summed E-state index contributed by atoms with van der Waals surface area (Å²) < 4.78 is 24.2. The van der Waals surface area contributed by atoms with Crippen molar-refractivity contribution in [2.24, 2.45) is 5.92 Å². The number of carbonyl (C=O) groups excluding carboxylic acids is 2. The number of rotatable bonds is 4. The molecule has 3 saturated heterocycles. The number of hydrogen-bond donors (Lipinski definition) is 0. The molecular formula is C28H29FN2O4. The van der Waals surface area contributed by atoms with Crippen molar-refractivity contribution in [3.63, 3.8) is 0 Å². The molecule has 0 aliphatic carbocycles.